The summed E-state index contributed by atoms with van der Waals surface area (Å²) >= 11 is 3.21. The quantitative estimate of drug-likeness (QED) is 0.722. The van der Waals surface area contributed by atoms with Crippen molar-refractivity contribution in [1.29, 1.82) is 0 Å². The van der Waals surface area contributed by atoms with Gasteiger partial charge in [-0.3, -0.25) is 0 Å². The number of rotatable bonds is 4. The molecule has 0 spiro atoms. The summed E-state index contributed by atoms with van der Waals surface area (Å²) < 4.78 is 27.2. The van der Waals surface area contributed by atoms with Crippen LogP contribution in [-0.4, -0.2) is 25.7 Å². The number of benzene rings is 1. The van der Waals surface area contributed by atoms with Gasteiger partial charge in [0.2, 0.25) is 10.0 Å². The molecule has 1 aromatic carbocycles. The van der Waals surface area contributed by atoms with Crippen molar-refractivity contribution in [3.05, 3.63) is 22.7 Å². The number of anilines is 1. The molecule has 0 unspecified atom stereocenters. The summed E-state index contributed by atoms with van der Waals surface area (Å²) in [5.74, 6) is 0. The van der Waals surface area contributed by atoms with Gasteiger partial charge < -0.3 is 10.8 Å². The van der Waals surface area contributed by atoms with Gasteiger partial charge >= 0.3 is 0 Å². The molecule has 1 saturated carbocycles. The van der Waals surface area contributed by atoms with Gasteiger partial charge in [-0.15, -0.1) is 0 Å². The Morgan fingerprint density at radius 3 is 2.67 bits per heavy atom. The van der Waals surface area contributed by atoms with Gasteiger partial charge in [-0.25, -0.2) is 13.1 Å². The van der Waals surface area contributed by atoms with Gasteiger partial charge in [0.25, 0.3) is 0 Å². The number of nitrogens with two attached hydrogens (primary N) is 1. The van der Waals surface area contributed by atoms with E-state index in [0.717, 1.165) is 6.42 Å². The molecule has 18 heavy (non-hydrogen) atoms. The highest BCUT2D eigenvalue weighted by atomic mass is 79.9. The second-order valence-corrected chi connectivity index (χ2v) is 7.24. The van der Waals surface area contributed by atoms with Gasteiger partial charge in [0, 0.05) is 11.0 Å². The molecule has 0 heterocycles. The van der Waals surface area contributed by atoms with E-state index in [0.29, 0.717) is 17.3 Å². The van der Waals surface area contributed by atoms with Crippen LogP contribution >= 0.6 is 15.9 Å². The van der Waals surface area contributed by atoms with E-state index < -0.39 is 15.6 Å². The molecular formula is C11H15BrN2O3S. The number of hydrogen-bond acceptors (Lipinski definition) is 4. The van der Waals surface area contributed by atoms with Crippen LogP contribution < -0.4 is 10.5 Å². The van der Waals surface area contributed by atoms with Crippen LogP contribution in [0, 0.1) is 0 Å². The van der Waals surface area contributed by atoms with Crippen LogP contribution in [0.2, 0.25) is 0 Å². The van der Waals surface area contributed by atoms with Crippen LogP contribution in [0.4, 0.5) is 5.69 Å². The molecule has 1 aromatic rings. The average molecular weight is 335 g/mol. The molecule has 0 bridgehead atoms. The molecule has 7 heteroatoms. The van der Waals surface area contributed by atoms with Gasteiger partial charge in [0.15, 0.2) is 0 Å². The summed E-state index contributed by atoms with van der Waals surface area (Å²) in [5.41, 5.74) is 4.95. The van der Waals surface area contributed by atoms with Crippen molar-refractivity contribution >= 4 is 31.6 Å². The maximum Gasteiger partial charge on any atom is 0.242 e. The highest BCUT2D eigenvalue weighted by Crippen LogP contribution is 2.31. The molecule has 0 saturated heterocycles. The number of nitrogen functional groups attached to an aromatic ring is 1. The Balaban J connectivity index is 2.17. The van der Waals surface area contributed by atoms with E-state index in [1.54, 1.807) is 6.07 Å². The Bertz CT molecular complexity index is 555. The van der Waals surface area contributed by atoms with Gasteiger partial charge in [-0.05, 0) is 37.5 Å². The number of halogens is 1. The summed E-state index contributed by atoms with van der Waals surface area (Å²) in [7, 11) is -3.69. The highest BCUT2D eigenvalue weighted by molar-refractivity contribution is 9.10. The van der Waals surface area contributed by atoms with E-state index >= 15 is 0 Å². The minimum absolute atomic E-state index is 0.0276. The number of aliphatic hydroxyl groups is 1. The Morgan fingerprint density at radius 2 is 2.11 bits per heavy atom. The third-order valence-electron chi connectivity index (χ3n) is 3.14. The first-order valence-electron chi connectivity index (χ1n) is 5.60. The molecule has 0 aromatic heterocycles. The smallest absolute Gasteiger partial charge is 0.242 e. The minimum atomic E-state index is -3.69. The molecule has 2 rings (SSSR count). The highest BCUT2D eigenvalue weighted by Gasteiger charge is 2.35. The van der Waals surface area contributed by atoms with E-state index in [-0.39, 0.29) is 17.1 Å². The fraction of sp³-hybridized carbons (Fsp3) is 0.455. The third kappa shape index (κ3) is 2.85. The summed E-state index contributed by atoms with van der Waals surface area (Å²) in [6, 6.07) is 4.65. The maximum absolute atomic E-state index is 12.1. The van der Waals surface area contributed by atoms with Crippen molar-refractivity contribution in [2.75, 3.05) is 12.3 Å². The zero-order chi connectivity index (χ0) is 13.4. The van der Waals surface area contributed by atoms with E-state index in [1.165, 1.54) is 12.1 Å². The standard InChI is InChI=1S/C11H15BrN2O3S/c12-8-2-3-9(13)10(6-8)18(16,17)14-7-11(15)4-1-5-11/h2-3,6,14-15H,1,4-5,7,13H2. The molecule has 1 aliphatic carbocycles. The average Bonchev–Trinajstić information content (AvgIpc) is 2.27. The Kier molecular flexibility index (Phi) is 3.68. The molecule has 5 nitrogen and oxygen atoms in total. The lowest BCUT2D eigenvalue weighted by Gasteiger charge is -2.36. The first-order chi connectivity index (χ1) is 8.32. The molecule has 1 fully saturated rings. The SMILES string of the molecule is Nc1ccc(Br)cc1S(=O)(=O)NCC1(O)CCC1. The predicted molar refractivity (Wildman–Crippen MR) is 72.5 cm³/mol. The Hall–Kier alpha value is -0.630. The van der Waals surface area contributed by atoms with E-state index in [1.807, 2.05) is 0 Å². The predicted octanol–water partition coefficient (Wildman–Crippen LogP) is 1.22. The zero-order valence-electron chi connectivity index (χ0n) is 9.69. The molecule has 0 amide bonds. The van der Waals surface area contributed by atoms with Crippen molar-refractivity contribution in [2.24, 2.45) is 0 Å². The Morgan fingerprint density at radius 1 is 1.44 bits per heavy atom. The van der Waals surface area contributed by atoms with Crippen LogP contribution in [0.1, 0.15) is 19.3 Å². The number of nitrogens with one attached hydrogen (secondary N) is 1. The van der Waals surface area contributed by atoms with Gasteiger partial charge in [0.05, 0.1) is 11.3 Å². The third-order valence-corrected chi connectivity index (χ3v) is 5.09. The topological polar surface area (TPSA) is 92.4 Å². The van der Waals surface area contributed by atoms with Crippen LogP contribution in [0.3, 0.4) is 0 Å². The normalized spacial score (nSPS) is 18.3. The second kappa shape index (κ2) is 4.80. The minimum Gasteiger partial charge on any atom is -0.398 e. The van der Waals surface area contributed by atoms with Crippen LogP contribution in [0.15, 0.2) is 27.6 Å². The lowest BCUT2D eigenvalue weighted by Crippen LogP contribution is -2.47. The molecule has 100 valence electrons. The Labute approximate surface area is 115 Å². The van der Waals surface area contributed by atoms with Gasteiger partial charge in [0.1, 0.15) is 4.90 Å². The van der Waals surface area contributed by atoms with Gasteiger partial charge in [-0.1, -0.05) is 15.9 Å². The molecule has 4 N–H and O–H groups in total. The fourth-order valence-corrected chi connectivity index (χ4v) is 3.60. The van der Waals surface area contributed by atoms with Gasteiger partial charge in [-0.2, -0.15) is 0 Å². The first kappa shape index (κ1) is 13.8. The molecule has 0 atom stereocenters. The monoisotopic (exact) mass is 334 g/mol. The second-order valence-electron chi connectivity index (χ2n) is 4.58. The molecule has 0 aliphatic heterocycles. The van der Waals surface area contributed by atoms with E-state index in [4.69, 9.17) is 5.73 Å². The summed E-state index contributed by atoms with van der Waals surface area (Å²) in [6.07, 6.45) is 2.18. The molecule has 1 aliphatic rings. The number of hydrogen-bond donors (Lipinski definition) is 3. The summed E-state index contributed by atoms with van der Waals surface area (Å²) in [6.45, 7) is 0.0291. The van der Waals surface area contributed by atoms with Crippen molar-refractivity contribution in [3.63, 3.8) is 0 Å². The lowest BCUT2D eigenvalue weighted by molar-refractivity contribution is -0.0270. The van der Waals surface area contributed by atoms with E-state index in [2.05, 4.69) is 20.7 Å². The van der Waals surface area contributed by atoms with Crippen molar-refractivity contribution in [1.82, 2.24) is 4.72 Å². The zero-order valence-corrected chi connectivity index (χ0v) is 12.1. The fourth-order valence-electron chi connectivity index (χ4n) is 1.81. The molecular weight excluding hydrogens is 320 g/mol. The lowest BCUT2D eigenvalue weighted by atomic mass is 9.81. The van der Waals surface area contributed by atoms with Crippen molar-refractivity contribution < 1.29 is 13.5 Å². The maximum atomic E-state index is 12.1. The van der Waals surface area contributed by atoms with Crippen LogP contribution in [0.25, 0.3) is 0 Å². The summed E-state index contributed by atoms with van der Waals surface area (Å²) in [4.78, 5) is 0.0276. The first-order valence-corrected chi connectivity index (χ1v) is 7.87. The van der Waals surface area contributed by atoms with Crippen LogP contribution in [0.5, 0.6) is 0 Å². The summed E-state index contributed by atoms with van der Waals surface area (Å²) in [5, 5.41) is 9.88. The van der Waals surface area contributed by atoms with Crippen molar-refractivity contribution in [3.8, 4) is 0 Å². The van der Waals surface area contributed by atoms with E-state index in [9.17, 15) is 13.5 Å². The van der Waals surface area contributed by atoms with Crippen LogP contribution in [-0.2, 0) is 10.0 Å². The number of sulfonamides is 1. The largest absolute Gasteiger partial charge is 0.398 e. The van der Waals surface area contributed by atoms with Crippen molar-refractivity contribution in [2.45, 2.75) is 29.8 Å². The molecule has 0 radical (unpaired) electrons.